The Morgan fingerprint density at radius 3 is 2.76 bits per heavy atom. The zero-order valence-electron chi connectivity index (χ0n) is 11.7. The number of nitrogens with one attached hydrogen (secondary N) is 1. The summed E-state index contributed by atoms with van der Waals surface area (Å²) < 4.78 is 10.4. The number of rotatable bonds is 4. The van der Waals surface area contributed by atoms with Crippen molar-refractivity contribution in [3.8, 4) is 11.5 Å². The monoisotopic (exact) mass is 301 g/mol. The Balaban J connectivity index is 1.95. The molecule has 2 aromatic carbocycles. The highest BCUT2D eigenvalue weighted by atomic mass is 32.2. The van der Waals surface area contributed by atoms with E-state index < -0.39 is 0 Å². The van der Waals surface area contributed by atoms with Gasteiger partial charge in [-0.1, -0.05) is 6.07 Å². The van der Waals surface area contributed by atoms with Crippen LogP contribution in [0, 0.1) is 0 Å². The lowest BCUT2D eigenvalue weighted by Crippen LogP contribution is -1.94. The molecule has 1 aromatic heterocycles. The van der Waals surface area contributed by atoms with Gasteiger partial charge in [0.05, 0.1) is 30.9 Å². The van der Waals surface area contributed by atoms with Crippen LogP contribution in [0.4, 0.5) is 5.69 Å². The predicted octanol–water partition coefficient (Wildman–Crippen LogP) is 3.31. The highest BCUT2D eigenvalue weighted by molar-refractivity contribution is 7.99. The Hall–Kier alpha value is -2.34. The number of methoxy groups -OCH3 is 2. The van der Waals surface area contributed by atoms with Gasteiger partial charge in [0, 0.05) is 11.0 Å². The molecule has 0 aliphatic carbocycles. The molecular formula is C15H15N3O2S. The van der Waals surface area contributed by atoms with Crippen LogP contribution in [0.2, 0.25) is 0 Å². The maximum absolute atomic E-state index is 6.07. The van der Waals surface area contributed by atoms with Gasteiger partial charge in [-0.2, -0.15) is 0 Å². The SMILES string of the molecule is COc1ccc2nc(Sc3cccc(OC)c3N)[nH]c2c1. The number of ether oxygens (including phenoxy) is 2. The van der Waals surface area contributed by atoms with Gasteiger partial charge in [-0.15, -0.1) is 0 Å². The van der Waals surface area contributed by atoms with Crippen molar-refractivity contribution < 1.29 is 9.47 Å². The lowest BCUT2D eigenvalue weighted by Gasteiger charge is -2.07. The number of aromatic nitrogens is 2. The van der Waals surface area contributed by atoms with Gasteiger partial charge >= 0.3 is 0 Å². The van der Waals surface area contributed by atoms with Crippen LogP contribution in [0.25, 0.3) is 11.0 Å². The molecule has 3 N–H and O–H groups in total. The van der Waals surface area contributed by atoms with Crippen LogP contribution < -0.4 is 15.2 Å². The number of H-pyrrole nitrogens is 1. The maximum Gasteiger partial charge on any atom is 0.171 e. The van der Waals surface area contributed by atoms with Gasteiger partial charge < -0.3 is 20.2 Å². The van der Waals surface area contributed by atoms with Gasteiger partial charge in [0.2, 0.25) is 0 Å². The molecule has 0 aliphatic rings. The second-order valence-electron chi connectivity index (χ2n) is 4.40. The molecule has 0 unspecified atom stereocenters. The number of para-hydroxylation sites is 1. The van der Waals surface area contributed by atoms with Crippen LogP contribution >= 0.6 is 11.8 Å². The zero-order chi connectivity index (χ0) is 14.8. The molecule has 0 spiro atoms. The highest BCUT2D eigenvalue weighted by Crippen LogP contribution is 2.36. The summed E-state index contributed by atoms with van der Waals surface area (Å²) in [4.78, 5) is 8.70. The normalized spacial score (nSPS) is 10.8. The minimum Gasteiger partial charge on any atom is -0.497 e. The first-order chi connectivity index (χ1) is 10.2. The van der Waals surface area contributed by atoms with Gasteiger partial charge in [0.25, 0.3) is 0 Å². The van der Waals surface area contributed by atoms with Crippen molar-refractivity contribution in [1.29, 1.82) is 0 Å². The molecule has 3 rings (SSSR count). The molecule has 0 fully saturated rings. The molecule has 0 atom stereocenters. The molecule has 21 heavy (non-hydrogen) atoms. The molecule has 3 aromatic rings. The molecule has 5 nitrogen and oxygen atoms in total. The summed E-state index contributed by atoms with van der Waals surface area (Å²) in [6.45, 7) is 0. The fraction of sp³-hybridized carbons (Fsp3) is 0.133. The van der Waals surface area contributed by atoms with Crippen molar-refractivity contribution in [2.75, 3.05) is 20.0 Å². The number of benzene rings is 2. The van der Waals surface area contributed by atoms with Crippen LogP contribution in [0.15, 0.2) is 46.5 Å². The molecule has 0 bridgehead atoms. The minimum absolute atomic E-state index is 0.614. The number of nitrogen functional groups attached to an aromatic ring is 1. The van der Waals surface area contributed by atoms with E-state index in [0.29, 0.717) is 11.4 Å². The second kappa shape index (κ2) is 5.57. The van der Waals surface area contributed by atoms with E-state index in [1.54, 1.807) is 14.2 Å². The summed E-state index contributed by atoms with van der Waals surface area (Å²) in [6, 6.07) is 11.4. The van der Waals surface area contributed by atoms with E-state index >= 15 is 0 Å². The number of hydrogen-bond acceptors (Lipinski definition) is 5. The fourth-order valence-corrected chi connectivity index (χ4v) is 2.91. The van der Waals surface area contributed by atoms with Crippen molar-refractivity contribution in [2.45, 2.75) is 10.1 Å². The van der Waals surface area contributed by atoms with Crippen LogP contribution in [0.1, 0.15) is 0 Å². The average Bonchev–Trinajstić information content (AvgIpc) is 2.90. The first-order valence-electron chi connectivity index (χ1n) is 6.35. The van der Waals surface area contributed by atoms with Gasteiger partial charge in [-0.25, -0.2) is 4.98 Å². The standard InChI is InChI=1S/C15H15N3O2S/c1-19-9-6-7-10-11(8-9)18-15(17-10)21-13-5-3-4-12(20-2)14(13)16/h3-8H,16H2,1-2H3,(H,17,18). The number of fused-ring (bicyclic) bond motifs is 1. The van der Waals surface area contributed by atoms with Crippen LogP contribution in [-0.4, -0.2) is 24.2 Å². The number of aromatic amines is 1. The van der Waals surface area contributed by atoms with Crippen molar-refractivity contribution in [3.05, 3.63) is 36.4 Å². The third-order valence-electron chi connectivity index (χ3n) is 3.12. The fourth-order valence-electron chi connectivity index (χ4n) is 2.04. The predicted molar refractivity (Wildman–Crippen MR) is 84.2 cm³/mol. The van der Waals surface area contributed by atoms with E-state index in [-0.39, 0.29) is 0 Å². The largest absolute Gasteiger partial charge is 0.497 e. The first kappa shape index (κ1) is 13.6. The van der Waals surface area contributed by atoms with Crippen LogP contribution in [-0.2, 0) is 0 Å². The van der Waals surface area contributed by atoms with Gasteiger partial charge in [0.1, 0.15) is 11.5 Å². The van der Waals surface area contributed by atoms with Crippen molar-refractivity contribution in [2.24, 2.45) is 0 Å². The van der Waals surface area contributed by atoms with Gasteiger partial charge in [-0.05, 0) is 36.0 Å². The number of anilines is 1. The van der Waals surface area contributed by atoms with Crippen molar-refractivity contribution in [3.63, 3.8) is 0 Å². The number of nitrogens with zero attached hydrogens (tertiary/aromatic N) is 1. The Morgan fingerprint density at radius 2 is 2.00 bits per heavy atom. The molecule has 0 radical (unpaired) electrons. The molecular weight excluding hydrogens is 286 g/mol. The molecule has 6 heteroatoms. The summed E-state index contributed by atoms with van der Waals surface area (Å²) in [5, 5.41) is 0.776. The molecule has 1 heterocycles. The first-order valence-corrected chi connectivity index (χ1v) is 7.17. The number of imidazole rings is 1. The second-order valence-corrected chi connectivity index (χ2v) is 5.43. The summed E-state index contributed by atoms with van der Waals surface area (Å²) in [5.41, 5.74) is 8.51. The molecule has 0 aliphatic heterocycles. The zero-order valence-corrected chi connectivity index (χ0v) is 12.5. The van der Waals surface area contributed by atoms with Crippen molar-refractivity contribution >= 4 is 28.5 Å². The van der Waals surface area contributed by atoms with Gasteiger partial charge in [0.15, 0.2) is 5.16 Å². The summed E-state index contributed by atoms with van der Waals surface area (Å²) >= 11 is 1.47. The number of nitrogens with two attached hydrogens (primary N) is 1. The number of hydrogen-bond donors (Lipinski definition) is 2. The third kappa shape index (κ3) is 2.62. The van der Waals surface area contributed by atoms with E-state index in [0.717, 1.165) is 26.8 Å². The summed E-state index contributed by atoms with van der Waals surface area (Å²) in [6.07, 6.45) is 0. The third-order valence-corrected chi connectivity index (χ3v) is 4.08. The Kier molecular flexibility index (Phi) is 3.62. The van der Waals surface area contributed by atoms with E-state index in [1.165, 1.54) is 11.8 Å². The molecule has 0 amide bonds. The highest BCUT2D eigenvalue weighted by Gasteiger charge is 2.10. The molecule has 0 saturated heterocycles. The lowest BCUT2D eigenvalue weighted by molar-refractivity contribution is 0.415. The minimum atomic E-state index is 0.614. The Bertz CT molecular complexity index is 786. The summed E-state index contributed by atoms with van der Waals surface area (Å²) in [5.74, 6) is 1.46. The topological polar surface area (TPSA) is 73.2 Å². The average molecular weight is 301 g/mol. The van der Waals surface area contributed by atoms with Crippen molar-refractivity contribution in [1.82, 2.24) is 9.97 Å². The molecule has 108 valence electrons. The smallest absolute Gasteiger partial charge is 0.171 e. The quantitative estimate of drug-likeness (QED) is 0.723. The van der Waals surface area contributed by atoms with E-state index in [2.05, 4.69) is 9.97 Å². The van der Waals surface area contributed by atoms with Crippen LogP contribution in [0.5, 0.6) is 11.5 Å². The van der Waals surface area contributed by atoms with Crippen LogP contribution in [0.3, 0.4) is 0 Å². The van der Waals surface area contributed by atoms with E-state index in [9.17, 15) is 0 Å². The Morgan fingerprint density at radius 1 is 1.14 bits per heavy atom. The van der Waals surface area contributed by atoms with E-state index in [1.807, 2.05) is 36.4 Å². The Labute approximate surface area is 126 Å². The van der Waals surface area contributed by atoms with E-state index in [4.69, 9.17) is 15.2 Å². The van der Waals surface area contributed by atoms with Gasteiger partial charge in [-0.3, -0.25) is 0 Å². The summed E-state index contributed by atoms with van der Waals surface area (Å²) in [7, 11) is 3.25. The molecule has 0 saturated carbocycles. The maximum atomic E-state index is 6.07. The lowest BCUT2D eigenvalue weighted by atomic mass is 10.3.